The van der Waals surface area contributed by atoms with E-state index in [1.54, 1.807) is 0 Å². The van der Waals surface area contributed by atoms with Crippen molar-refractivity contribution in [1.82, 2.24) is 10.2 Å². The second-order valence-electron chi connectivity index (χ2n) is 4.59. The van der Waals surface area contributed by atoms with Crippen molar-refractivity contribution in [2.24, 2.45) is 0 Å². The lowest BCUT2D eigenvalue weighted by Crippen LogP contribution is -2.67. The van der Waals surface area contributed by atoms with Crippen molar-refractivity contribution >= 4 is 0 Å². The molecule has 1 N–H and O–H groups in total. The summed E-state index contributed by atoms with van der Waals surface area (Å²) < 4.78 is 78.3. The quantitative estimate of drug-likeness (QED) is 0.633. The van der Waals surface area contributed by atoms with E-state index in [4.69, 9.17) is 0 Å². The summed E-state index contributed by atoms with van der Waals surface area (Å²) >= 11 is 0. The van der Waals surface area contributed by atoms with Gasteiger partial charge in [-0.1, -0.05) is 30.3 Å². The van der Waals surface area contributed by atoms with Crippen LogP contribution in [-0.4, -0.2) is 37.0 Å². The third-order valence-electron chi connectivity index (χ3n) is 3.35. The van der Waals surface area contributed by atoms with Crippen LogP contribution in [0, 0.1) is 0 Å². The van der Waals surface area contributed by atoms with Crippen LogP contribution in [0.4, 0.5) is 26.3 Å². The zero-order chi connectivity index (χ0) is 15.0. The molecule has 20 heavy (non-hydrogen) atoms. The number of nitrogens with zero attached hydrogens (tertiary/aromatic N) is 1. The first-order valence-corrected chi connectivity index (χ1v) is 5.86. The van der Waals surface area contributed by atoms with Crippen LogP contribution in [0.25, 0.3) is 0 Å². The molecular weight excluding hydrogens is 286 g/mol. The van der Waals surface area contributed by atoms with Crippen LogP contribution in [0.3, 0.4) is 0 Å². The van der Waals surface area contributed by atoms with E-state index in [2.05, 4.69) is 5.32 Å². The number of alkyl halides is 6. The fourth-order valence-corrected chi connectivity index (χ4v) is 2.31. The van der Waals surface area contributed by atoms with Gasteiger partial charge in [-0.05, 0) is 5.56 Å². The molecule has 0 spiro atoms. The molecule has 1 aromatic rings. The van der Waals surface area contributed by atoms with Crippen LogP contribution >= 0.6 is 0 Å². The number of hydrogen-bond donors (Lipinski definition) is 1. The predicted octanol–water partition coefficient (Wildman–Crippen LogP) is 2.87. The standard InChI is InChI=1S/C12H12F6N2/c13-11(14,15)10(9-4-2-1-3-5-9)8-20(7-6-19-10)12(16,17)18/h1-5,19H,6-8H2. The zero-order valence-electron chi connectivity index (χ0n) is 10.2. The minimum absolute atomic E-state index is 0.107. The minimum atomic E-state index is -4.84. The Morgan fingerprint density at radius 1 is 1.00 bits per heavy atom. The first-order chi connectivity index (χ1) is 9.17. The van der Waals surface area contributed by atoms with Crippen LogP contribution in [-0.2, 0) is 5.54 Å². The Morgan fingerprint density at radius 3 is 2.10 bits per heavy atom. The lowest BCUT2D eigenvalue weighted by Gasteiger charge is -2.45. The lowest BCUT2D eigenvalue weighted by molar-refractivity contribution is -0.282. The third-order valence-corrected chi connectivity index (χ3v) is 3.35. The Hall–Kier alpha value is -1.28. The summed E-state index contributed by atoms with van der Waals surface area (Å²) in [6.07, 6.45) is -9.62. The van der Waals surface area contributed by atoms with Gasteiger partial charge in [-0.2, -0.15) is 26.3 Å². The van der Waals surface area contributed by atoms with Crippen LogP contribution in [0.15, 0.2) is 30.3 Å². The average Bonchev–Trinajstić information content (AvgIpc) is 2.37. The van der Waals surface area contributed by atoms with Gasteiger partial charge >= 0.3 is 12.5 Å². The highest BCUT2D eigenvalue weighted by atomic mass is 19.4. The van der Waals surface area contributed by atoms with E-state index in [0.29, 0.717) is 0 Å². The third kappa shape index (κ3) is 2.62. The highest BCUT2D eigenvalue weighted by molar-refractivity contribution is 5.28. The molecule has 2 rings (SSSR count). The smallest absolute Gasteiger partial charge is 0.298 e. The van der Waals surface area contributed by atoms with Crippen LogP contribution in [0.2, 0.25) is 0 Å². The van der Waals surface area contributed by atoms with Crippen LogP contribution in [0.5, 0.6) is 0 Å². The van der Waals surface area contributed by atoms with Gasteiger partial charge in [0.1, 0.15) is 0 Å². The number of hydrogen-bond acceptors (Lipinski definition) is 2. The topological polar surface area (TPSA) is 15.3 Å². The van der Waals surface area contributed by atoms with Gasteiger partial charge in [0, 0.05) is 19.6 Å². The summed E-state index contributed by atoms with van der Waals surface area (Å²) in [4.78, 5) is -0.107. The Labute approximate surface area is 111 Å². The first kappa shape index (κ1) is 15.1. The molecule has 112 valence electrons. The molecule has 1 aliphatic rings. The summed E-state index contributed by atoms with van der Waals surface area (Å²) in [5.41, 5.74) is -2.93. The van der Waals surface area contributed by atoms with Gasteiger partial charge < -0.3 is 0 Å². The van der Waals surface area contributed by atoms with Gasteiger partial charge in [-0.3, -0.25) is 5.32 Å². The molecule has 1 saturated heterocycles. The molecule has 1 fully saturated rings. The number of piperazine rings is 1. The number of rotatable bonds is 1. The van der Waals surface area contributed by atoms with Crippen molar-refractivity contribution < 1.29 is 26.3 Å². The maximum Gasteiger partial charge on any atom is 0.460 e. The van der Waals surface area contributed by atoms with Crippen molar-refractivity contribution in [3.8, 4) is 0 Å². The molecule has 1 unspecified atom stereocenters. The molecule has 1 heterocycles. The highest BCUT2D eigenvalue weighted by Crippen LogP contribution is 2.42. The Kier molecular flexibility index (Phi) is 3.72. The van der Waals surface area contributed by atoms with Gasteiger partial charge in [0.2, 0.25) is 0 Å². The van der Waals surface area contributed by atoms with E-state index >= 15 is 0 Å². The van der Waals surface area contributed by atoms with Gasteiger partial charge in [0.25, 0.3) is 0 Å². The maximum absolute atomic E-state index is 13.4. The molecule has 2 nitrogen and oxygen atoms in total. The summed E-state index contributed by atoms with van der Waals surface area (Å²) in [7, 11) is 0. The van der Waals surface area contributed by atoms with Crippen molar-refractivity contribution in [1.29, 1.82) is 0 Å². The molecule has 0 bridgehead atoms. The van der Waals surface area contributed by atoms with Crippen molar-refractivity contribution in [3.05, 3.63) is 35.9 Å². The molecule has 0 saturated carbocycles. The predicted molar refractivity (Wildman–Crippen MR) is 59.8 cm³/mol. The fourth-order valence-electron chi connectivity index (χ4n) is 2.31. The zero-order valence-corrected chi connectivity index (χ0v) is 10.2. The van der Waals surface area contributed by atoms with E-state index in [1.165, 1.54) is 30.3 Å². The van der Waals surface area contributed by atoms with E-state index < -0.39 is 37.6 Å². The number of nitrogens with one attached hydrogen (secondary N) is 1. The molecule has 1 aromatic carbocycles. The maximum atomic E-state index is 13.4. The fraction of sp³-hybridized carbons (Fsp3) is 0.500. The molecule has 8 heteroatoms. The Bertz CT molecular complexity index is 455. The van der Waals surface area contributed by atoms with Gasteiger partial charge in [-0.25, -0.2) is 4.90 Å². The Morgan fingerprint density at radius 2 is 1.60 bits per heavy atom. The summed E-state index contributed by atoms with van der Waals surface area (Å²) in [6.45, 7) is -2.09. The lowest BCUT2D eigenvalue weighted by atomic mass is 9.87. The van der Waals surface area contributed by atoms with Gasteiger partial charge in [0.05, 0.1) is 0 Å². The van der Waals surface area contributed by atoms with Crippen molar-refractivity contribution in [2.75, 3.05) is 19.6 Å². The van der Waals surface area contributed by atoms with Crippen molar-refractivity contribution in [2.45, 2.75) is 18.0 Å². The minimum Gasteiger partial charge on any atom is -0.298 e. The molecule has 1 atom stereocenters. The van der Waals surface area contributed by atoms with Crippen LogP contribution < -0.4 is 5.32 Å². The normalized spacial score (nSPS) is 25.7. The van der Waals surface area contributed by atoms with E-state index in [9.17, 15) is 26.3 Å². The number of halogens is 6. The van der Waals surface area contributed by atoms with E-state index in [0.717, 1.165) is 0 Å². The summed E-state index contributed by atoms with van der Waals surface area (Å²) in [5.74, 6) is 0. The average molecular weight is 298 g/mol. The SMILES string of the molecule is FC(F)(F)N1CCNC(c2ccccc2)(C(F)(F)F)C1. The van der Waals surface area contributed by atoms with E-state index in [1.807, 2.05) is 0 Å². The summed E-state index contributed by atoms with van der Waals surface area (Å²) in [5, 5.41) is 2.22. The highest BCUT2D eigenvalue weighted by Gasteiger charge is 2.60. The van der Waals surface area contributed by atoms with Crippen molar-refractivity contribution in [3.63, 3.8) is 0 Å². The molecule has 0 aromatic heterocycles. The molecule has 0 amide bonds. The second kappa shape index (κ2) is 4.92. The number of benzene rings is 1. The van der Waals surface area contributed by atoms with E-state index in [-0.39, 0.29) is 10.5 Å². The molecule has 0 aliphatic carbocycles. The second-order valence-corrected chi connectivity index (χ2v) is 4.59. The molecule has 0 radical (unpaired) electrons. The summed E-state index contributed by atoms with van der Waals surface area (Å²) in [6, 6.07) is 6.62. The van der Waals surface area contributed by atoms with Crippen LogP contribution in [0.1, 0.15) is 5.56 Å². The first-order valence-electron chi connectivity index (χ1n) is 5.86. The largest absolute Gasteiger partial charge is 0.460 e. The van der Waals surface area contributed by atoms with Gasteiger partial charge in [-0.15, -0.1) is 0 Å². The molecule has 1 aliphatic heterocycles. The van der Waals surface area contributed by atoms with Gasteiger partial charge in [0.15, 0.2) is 5.54 Å². The molecular formula is C12H12F6N2. The monoisotopic (exact) mass is 298 g/mol. The Balaban J connectivity index is 2.44.